The van der Waals surface area contributed by atoms with E-state index in [-0.39, 0.29) is 17.8 Å². The summed E-state index contributed by atoms with van der Waals surface area (Å²) in [4.78, 5) is 18.1. The van der Waals surface area contributed by atoms with Crippen molar-refractivity contribution in [2.45, 2.75) is 6.92 Å². The van der Waals surface area contributed by atoms with Crippen molar-refractivity contribution in [1.29, 1.82) is 0 Å². The molecule has 1 aromatic carbocycles. The van der Waals surface area contributed by atoms with Crippen LogP contribution >= 0.6 is 0 Å². The minimum absolute atomic E-state index is 0.0319. The largest absolute Gasteiger partial charge is 0.483 e. The fourth-order valence-electron chi connectivity index (χ4n) is 0.840. The summed E-state index contributed by atoms with van der Waals surface area (Å²) in [7, 11) is 0. The summed E-state index contributed by atoms with van der Waals surface area (Å²) < 4.78 is 0. The lowest BCUT2D eigenvalue weighted by atomic mass is 10.2. The predicted molar refractivity (Wildman–Crippen MR) is 50.9 cm³/mol. The first-order valence-electron chi connectivity index (χ1n) is 3.61. The Bertz CT molecular complexity index is 338. The maximum absolute atomic E-state index is 10.3. The molecular formula is C8H10N2O4. The number of carbonyl (C=O) groups is 1. The van der Waals surface area contributed by atoms with E-state index in [4.69, 9.17) is 15.6 Å². The van der Waals surface area contributed by atoms with Crippen LogP contribution in [-0.4, -0.2) is 16.5 Å². The fraction of sp³-hybridized carbons (Fsp3) is 0.125. The van der Waals surface area contributed by atoms with Crippen LogP contribution in [0.3, 0.4) is 0 Å². The summed E-state index contributed by atoms with van der Waals surface area (Å²) in [6, 6.07) is 4.65. The quantitative estimate of drug-likeness (QED) is 0.305. The Balaban J connectivity index is 0.000000500. The van der Waals surface area contributed by atoms with Gasteiger partial charge in [0.2, 0.25) is 0 Å². The third-order valence-corrected chi connectivity index (χ3v) is 1.38. The van der Waals surface area contributed by atoms with E-state index >= 15 is 0 Å². The Kier molecular flexibility index (Phi) is 4.69. The third-order valence-electron chi connectivity index (χ3n) is 1.38. The van der Waals surface area contributed by atoms with Gasteiger partial charge in [-0.15, -0.1) is 0 Å². The van der Waals surface area contributed by atoms with Gasteiger partial charge in [-0.1, -0.05) is 6.07 Å². The van der Waals surface area contributed by atoms with E-state index in [2.05, 4.69) is 0 Å². The number of nitro groups is 1. The Hall–Kier alpha value is -2.11. The number of nitro benzene ring substituents is 1. The highest BCUT2D eigenvalue weighted by Crippen LogP contribution is 2.21. The Morgan fingerprint density at radius 2 is 2.07 bits per heavy atom. The van der Waals surface area contributed by atoms with Crippen LogP contribution in [0.5, 0.6) is 0 Å². The minimum Gasteiger partial charge on any atom is -0.483 e. The molecule has 0 atom stereocenters. The number of nitrogen functional groups attached to an aromatic ring is 1. The van der Waals surface area contributed by atoms with E-state index in [9.17, 15) is 10.1 Å². The number of nitrogens with zero attached hydrogens (tertiary/aromatic N) is 1. The molecule has 76 valence electrons. The van der Waals surface area contributed by atoms with Crippen molar-refractivity contribution in [3.05, 3.63) is 33.9 Å². The number of hydrogen-bond donors (Lipinski definition) is 2. The zero-order valence-corrected chi connectivity index (χ0v) is 7.51. The molecule has 1 rings (SSSR count). The molecule has 0 aromatic heterocycles. The van der Waals surface area contributed by atoms with Crippen molar-refractivity contribution >= 4 is 17.8 Å². The number of rotatable bonds is 1. The number of carboxylic acid groups (broad SMARTS) is 1. The van der Waals surface area contributed by atoms with E-state index < -0.39 is 4.92 Å². The molecule has 0 saturated heterocycles. The van der Waals surface area contributed by atoms with Gasteiger partial charge in [-0.25, -0.2) is 0 Å². The first-order valence-corrected chi connectivity index (χ1v) is 3.61. The summed E-state index contributed by atoms with van der Waals surface area (Å²) in [6.07, 6.45) is 0. The average molecular weight is 198 g/mol. The first kappa shape index (κ1) is 11.9. The highest BCUT2D eigenvalue weighted by Gasteiger charge is 2.08. The maximum Gasteiger partial charge on any atom is 0.292 e. The maximum atomic E-state index is 10.3. The molecule has 0 spiro atoms. The van der Waals surface area contributed by atoms with Crippen LogP contribution in [0.2, 0.25) is 0 Å². The number of aryl methyl sites for hydroxylation is 1. The zero-order valence-electron chi connectivity index (χ0n) is 7.51. The molecule has 0 saturated carbocycles. The van der Waals surface area contributed by atoms with Crippen LogP contribution < -0.4 is 5.73 Å². The van der Waals surface area contributed by atoms with Gasteiger partial charge >= 0.3 is 0 Å². The van der Waals surface area contributed by atoms with E-state index in [0.29, 0.717) is 0 Å². The second-order valence-electron chi connectivity index (χ2n) is 2.42. The lowest BCUT2D eigenvalue weighted by Crippen LogP contribution is -1.95. The van der Waals surface area contributed by atoms with Crippen molar-refractivity contribution < 1.29 is 14.8 Å². The van der Waals surface area contributed by atoms with Gasteiger partial charge in [0.1, 0.15) is 5.69 Å². The fourth-order valence-corrected chi connectivity index (χ4v) is 0.840. The molecule has 6 heteroatoms. The molecule has 0 amide bonds. The summed E-state index contributed by atoms with van der Waals surface area (Å²) >= 11 is 0. The second kappa shape index (κ2) is 5.52. The second-order valence-corrected chi connectivity index (χ2v) is 2.42. The van der Waals surface area contributed by atoms with Crippen molar-refractivity contribution in [1.82, 2.24) is 0 Å². The third kappa shape index (κ3) is 3.53. The van der Waals surface area contributed by atoms with Crippen molar-refractivity contribution in [2.24, 2.45) is 0 Å². The Morgan fingerprint density at radius 3 is 2.43 bits per heavy atom. The lowest BCUT2D eigenvalue weighted by Gasteiger charge is -1.96. The topological polar surface area (TPSA) is 106 Å². The molecule has 0 bridgehead atoms. The van der Waals surface area contributed by atoms with Gasteiger partial charge in [0.05, 0.1) is 4.92 Å². The average Bonchev–Trinajstić information content (AvgIpc) is 2.04. The molecule has 0 aliphatic carbocycles. The van der Waals surface area contributed by atoms with E-state index in [1.165, 1.54) is 6.07 Å². The summed E-state index contributed by atoms with van der Waals surface area (Å²) in [5.41, 5.74) is 6.49. The van der Waals surface area contributed by atoms with Gasteiger partial charge in [0.15, 0.2) is 0 Å². The van der Waals surface area contributed by atoms with E-state index in [0.717, 1.165) is 5.56 Å². The SMILES string of the molecule is Cc1ccc([N+](=O)[O-])c(N)c1.O=CO. The standard InChI is InChI=1S/C7H8N2O2.CH2O2/c1-5-2-3-7(9(10)11)6(8)4-5;2-1-3/h2-4H,8H2,1H3;1H,(H,2,3). The molecular weight excluding hydrogens is 188 g/mol. The van der Waals surface area contributed by atoms with Crippen LogP contribution in [0.25, 0.3) is 0 Å². The molecule has 0 aliphatic heterocycles. The Labute approximate surface area is 80.1 Å². The lowest BCUT2D eigenvalue weighted by molar-refractivity contribution is -0.383. The summed E-state index contributed by atoms with van der Waals surface area (Å²) in [5.74, 6) is 0. The molecule has 3 N–H and O–H groups in total. The van der Waals surface area contributed by atoms with Gasteiger partial charge in [-0.05, 0) is 18.6 Å². The normalized spacial score (nSPS) is 8.36. The van der Waals surface area contributed by atoms with Gasteiger partial charge in [0.25, 0.3) is 12.2 Å². The molecule has 6 nitrogen and oxygen atoms in total. The highest BCUT2D eigenvalue weighted by atomic mass is 16.6. The number of benzene rings is 1. The van der Waals surface area contributed by atoms with Gasteiger partial charge in [-0.2, -0.15) is 0 Å². The van der Waals surface area contributed by atoms with E-state index in [1.54, 1.807) is 12.1 Å². The summed E-state index contributed by atoms with van der Waals surface area (Å²) in [5, 5.41) is 17.1. The molecule has 0 heterocycles. The molecule has 14 heavy (non-hydrogen) atoms. The van der Waals surface area contributed by atoms with E-state index in [1.807, 2.05) is 6.92 Å². The zero-order chi connectivity index (χ0) is 11.1. The van der Waals surface area contributed by atoms with Crippen molar-refractivity contribution in [3.63, 3.8) is 0 Å². The number of nitrogens with two attached hydrogens (primary N) is 1. The smallest absolute Gasteiger partial charge is 0.292 e. The van der Waals surface area contributed by atoms with Crippen LogP contribution in [0.15, 0.2) is 18.2 Å². The van der Waals surface area contributed by atoms with Crippen LogP contribution in [0.4, 0.5) is 11.4 Å². The number of anilines is 1. The molecule has 0 aliphatic rings. The van der Waals surface area contributed by atoms with Gasteiger partial charge in [0, 0.05) is 6.07 Å². The van der Waals surface area contributed by atoms with Crippen LogP contribution in [0.1, 0.15) is 5.56 Å². The molecule has 0 fully saturated rings. The molecule has 0 radical (unpaired) electrons. The highest BCUT2D eigenvalue weighted by molar-refractivity contribution is 5.58. The van der Waals surface area contributed by atoms with Crippen LogP contribution in [0, 0.1) is 17.0 Å². The van der Waals surface area contributed by atoms with Crippen LogP contribution in [-0.2, 0) is 4.79 Å². The molecule has 0 unspecified atom stereocenters. The Morgan fingerprint density at radius 1 is 1.57 bits per heavy atom. The van der Waals surface area contributed by atoms with Gasteiger partial charge in [-0.3, -0.25) is 14.9 Å². The minimum atomic E-state index is -0.491. The monoisotopic (exact) mass is 198 g/mol. The summed E-state index contributed by atoms with van der Waals surface area (Å²) in [6.45, 7) is 1.58. The molecule has 1 aromatic rings. The van der Waals surface area contributed by atoms with Crippen molar-refractivity contribution in [3.8, 4) is 0 Å². The van der Waals surface area contributed by atoms with Gasteiger partial charge < -0.3 is 10.8 Å². The van der Waals surface area contributed by atoms with Crippen molar-refractivity contribution in [2.75, 3.05) is 5.73 Å². The first-order chi connectivity index (χ1) is 6.52. The number of hydrogen-bond acceptors (Lipinski definition) is 4. The predicted octanol–water partition coefficient (Wildman–Crippen LogP) is 1.19.